The van der Waals surface area contributed by atoms with E-state index in [1.165, 1.54) is 17.3 Å². The minimum Gasteiger partial charge on any atom is -0.490 e. The topological polar surface area (TPSA) is 66.8 Å². The number of hydrogen-bond acceptors (Lipinski definition) is 5. The summed E-state index contributed by atoms with van der Waals surface area (Å²) in [6.07, 6.45) is 5.27. The molecule has 2 heterocycles. The largest absolute Gasteiger partial charge is 0.490 e. The van der Waals surface area contributed by atoms with Gasteiger partial charge in [-0.3, -0.25) is 14.5 Å². The fourth-order valence-corrected chi connectivity index (χ4v) is 4.41. The second-order valence-electron chi connectivity index (χ2n) is 6.54. The van der Waals surface area contributed by atoms with E-state index in [1.807, 2.05) is 25.1 Å². The highest BCUT2D eigenvalue weighted by molar-refractivity contribution is 8.26. The zero-order chi connectivity index (χ0) is 18.7. The third-order valence-electron chi connectivity index (χ3n) is 4.36. The molecule has 1 amide bonds. The standard InChI is InChI=1S/C19H21NO4S2/c1-12-9-14-10-13(6-7-15(14)24-12)11-16-18(23)20(19(25)26-16)8-4-2-3-5-17(21)22/h6-7,10-12H,2-5,8-9H2,1H3,(H,21,22)/b16-11+/t12-/m1/s1. The molecule has 0 aliphatic carbocycles. The van der Waals surface area contributed by atoms with Crippen LogP contribution in [0.1, 0.15) is 43.7 Å². The Morgan fingerprint density at radius 3 is 3.00 bits per heavy atom. The Balaban J connectivity index is 1.60. The lowest BCUT2D eigenvalue weighted by atomic mass is 10.1. The molecule has 1 fully saturated rings. The van der Waals surface area contributed by atoms with Crippen molar-refractivity contribution in [2.75, 3.05) is 6.54 Å². The van der Waals surface area contributed by atoms with Gasteiger partial charge in [-0.05, 0) is 49.1 Å². The number of ether oxygens (including phenoxy) is 1. The van der Waals surface area contributed by atoms with E-state index in [2.05, 4.69) is 6.07 Å². The highest BCUT2D eigenvalue weighted by atomic mass is 32.2. The van der Waals surface area contributed by atoms with Gasteiger partial charge < -0.3 is 9.84 Å². The molecule has 3 rings (SSSR count). The number of carboxylic acids is 1. The molecule has 26 heavy (non-hydrogen) atoms. The molecule has 0 spiro atoms. The van der Waals surface area contributed by atoms with Crippen LogP contribution in [-0.4, -0.2) is 38.9 Å². The molecular formula is C19H21NO4S2. The normalized spacial score (nSPS) is 20.6. The summed E-state index contributed by atoms with van der Waals surface area (Å²) < 4.78 is 6.27. The molecule has 1 aromatic rings. The minimum atomic E-state index is -0.785. The maximum atomic E-state index is 12.6. The van der Waals surface area contributed by atoms with Crippen LogP contribution in [0.4, 0.5) is 0 Å². The number of carbonyl (C=O) groups is 2. The second-order valence-corrected chi connectivity index (χ2v) is 8.21. The van der Waals surface area contributed by atoms with Crippen molar-refractivity contribution >= 4 is 46.3 Å². The summed E-state index contributed by atoms with van der Waals surface area (Å²) in [5.74, 6) is 0.0691. The number of fused-ring (bicyclic) bond motifs is 1. The molecule has 1 N–H and O–H groups in total. The summed E-state index contributed by atoms with van der Waals surface area (Å²) >= 11 is 6.66. The first-order chi connectivity index (χ1) is 12.4. The highest BCUT2D eigenvalue weighted by Crippen LogP contribution is 2.35. The first-order valence-electron chi connectivity index (χ1n) is 8.71. The van der Waals surface area contributed by atoms with Crippen molar-refractivity contribution in [3.05, 3.63) is 34.2 Å². The predicted molar refractivity (Wildman–Crippen MR) is 106 cm³/mol. The summed E-state index contributed by atoms with van der Waals surface area (Å²) in [4.78, 5) is 25.4. The van der Waals surface area contributed by atoms with Crippen molar-refractivity contribution in [1.29, 1.82) is 0 Å². The number of unbranched alkanes of at least 4 members (excludes halogenated alkanes) is 2. The third-order valence-corrected chi connectivity index (χ3v) is 5.74. The SMILES string of the molecule is C[C@@H]1Cc2cc(/C=C3/SC(=S)N(CCCCCC(=O)O)C3=O)ccc2O1. The molecule has 7 heteroatoms. The monoisotopic (exact) mass is 391 g/mol. The zero-order valence-electron chi connectivity index (χ0n) is 14.6. The van der Waals surface area contributed by atoms with E-state index < -0.39 is 5.97 Å². The number of carboxylic acid groups (broad SMARTS) is 1. The quantitative estimate of drug-likeness (QED) is 0.433. The van der Waals surface area contributed by atoms with E-state index in [1.54, 1.807) is 4.90 Å². The van der Waals surface area contributed by atoms with Gasteiger partial charge in [-0.25, -0.2) is 0 Å². The van der Waals surface area contributed by atoms with Crippen LogP contribution in [0, 0.1) is 0 Å². The fraction of sp³-hybridized carbons (Fsp3) is 0.421. The third kappa shape index (κ3) is 4.45. The number of thiocarbonyl (C=S) groups is 1. The van der Waals surface area contributed by atoms with Gasteiger partial charge in [-0.2, -0.15) is 0 Å². The minimum absolute atomic E-state index is 0.0663. The molecule has 1 saturated heterocycles. The lowest BCUT2D eigenvalue weighted by Crippen LogP contribution is -2.29. The van der Waals surface area contributed by atoms with E-state index in [0.717, 1.165) is 30.6 Å². The molecule has 0 unspecified atom stereocenters. The molecule has 138 valence electrons. The highest BCUT2D eigenvalue weighted by Gasteiger charge is 2.31. The second kappa shape index (κ2) is 8.22. The van der Waals surface area contributed by atoms with Gasteiger partial charge in [0.1, 0.15) is 16.2 Å². The number of thioether (sulfide) groups is 1. The van der Waals surface area contributed by atoms with Gasteiger partial charge in [0.25, 0.3) is 5.91 Å². The van der Waals surface area contributed by atoms with E-state index in [9.17, 15) is 9.59 Å². The molecule has 0 radical (unpaired) electrons. The molecule has 2 aliphatic rings. The number of aliphatic carboxylic acids is 1. The Kier molecular flexibility index (Phi) is 5.98. The molecule has 1 atom stereocenters. The first kappa shape index (κ1) is 18.9. The van der Waals surface area contributed by atoms with Crippen LogP contribution in [0.5, 0.6) is 5.75 Å². The van der Waals surface area contributed by atoms with Gasteiger partial charge in [0.05, 0.1) is 4.91 Å². The molecule has 0 bridgehead atoms. The number of benzene rings is 1. The number of nitrogens with zero attached hydrogens (tertiary/aromatic N) is 1. The van der Waals surface area contributed by atoms with E-state index in [-0.39, 0.29) is 18.4 Å². The number of rotatable bonds is 7. The number of amides is 1. The van der Waals surface area contributed by atoms with Gasteiger partial charge in [-0.1, -0.05) is 36.5 Å². The van der Waals surface area contributed by atoms with Gasteiger partial charge in [-0.15, -0.1) is 0 Å². The molecule has 1 aromatic carbocycles. The van der Waals surface area contributed by atoms with Crippen LogP contribution < -0.4 is 4.74 Å². The molecule has 0 aromatic heterocycles. The molecule has 5 nitrogen and oxygen atoms in total. The summed E-state index contributed by atoms with van der Waals surface area (Å²) in [6.45, 7) is 2.58. The molecular weight excluding hydrogens is 370 g/mol. The van der Waals surface area contributed by atoms with Crippen molar-refractivity contribution in [3.63, 3.8) is 0 Å². The summed E-state index contributed by atoms with van der Waals surface area (Å²) in [5, 5.41) is 8.65. The molecule has 0 saturated carbocycles. The number of hydrogen-bond donors (Lipinski definition) is 1. The summed E-state index contributed by atoms with van der Waals surface area (Å²) in [7, 11) is 0. The first-order valence-corrected chi connectivity index (χ1v) is 9.93. The van der Waals surface area contributed by atoms with Gasteiger partial charge in [0, 0.05) is 19.4 Å². The van der Waals surface area contributed by atoms with Crippen LogP contribution in [-0.2, 0) is 16.0 Å². The van der Waals surface area contributed by atoms with Gasteiger partial charge >= 0.3 is 5.97 Å². The lowest BCUT2D eigenvalue weighted by molar-refractivity contribution is -0.137. The zero-order valence-corrected chi connectivity index (χ0v) is 16.2. The number of carbonyl (C=O) groups excluding carboxylic acids is 1. The van der Waals surface area contributed by atoms with Crippen molar-refractivity contribution in [2.24, 2.45) is 0 Å². The van der Waals surface area contributed by atoms with E-state index in [4.69, 9.17) is 22.1 Å². The lowest BCUT2D eigenvalue weighted by Gasteiger charge is -2.13. The van der Waals surface area contributed by atoms with E-state index in [0.29, 0.717) is 22.2 Å². The van der Waals surface area contributed by atoms with Crippen LogP contribution in [0.15, 0.2) is 23.1 Å². The smallest absolute Gasteiger partial charge is 0.303 e. The average molecular weight is 392 g/mol. The predicted octanol–water partition coefficient (Wildman–Crippen LogP) is 3.86. The summed E-state index contributed by atoms with van der Waals surface area (Å²) in [5.41, 5.74) is 2.14. The van der Waals surface area contributed by atoms with Gasteiger partial charge in [0.15, 0.2) is 0 Å². The van der Waals surface area contributed by atoms with E-state index >= 15 is 0 Å². The molecule has 2 aliphatic heterocycles. The maximum absolute atomic E-state index is 12.6. The fourth-order valence-electron chi connectivity index (χ4n) is 3.10. The van der Waals surface area contributed by atoms with Crippen LogP contribution in [0.3, 0.4) is 0 Å². The Morgan fingerprint density at radius 1 is 1.42 bits per heavy atom. The van der Waals surface area contributed by atoms with Crippen LogP contribution in [0.25, 0.3) is 6.08 Å². The average Bonchev–Trinajstić information content (AvgIpc) is 3.07. The Hall–Kier alpha value is -1.86. The van der Waals surface area contributed by atoms with Crippen LogP contribution in [0.2, 0.25) is 0 Å². The Labute approximate surface area is 162 Å². The maximum Gasteiger partial charge on any atom is 0.303 e. The Morgan fingerprint density at radius 2 is 2.23 bits per heavy atom. The van der Waals surface area contributed by atoms with Crippen molar-refractivity contribution in [1.82, 2.24) is 4.90 Å². The van der Waals surface area contributed by atoms with Crippen molar-refractivity contribution in [2.45, 2.75) is 45.1 Å². The Bertz CT molecular complexity index is 775. The van der Waals surface area contributed by atoms with Crippen molar-refractivity contribution < 1.29 is 19.4 Å². The summed E-state index contributed by atoms with van der Waals surface area (Å²) in [6, 6.07) is 5.97. The van der Waals surface area contributed by atoms with Crippen molar-refractivity contribution in [3.8, 4) is 5.75 Å². The van der Waals surface area contributed by atoms with Crippen LogP contribution >= 0.6 is 24.0 Å². The van der Waals surface area contributed by atoms with Gasteiger partial charge in [0.2, 0.25) is 0 Å².